The number of nitrogens with zero attached hydrogens (tertiary/aromatic N) is 5. The van der Waals surface area contributed by atoms with E-state index in [-0.39, 0.29) is 11.9 Å². The van der Waals surface area contributed by atoms with E-state index in [2.05, 4.69) is 15.2 Å². The van der Waals surface area contributed by atoms with Crippen LogP contribution in [0, 0.1) is 0 Å². The minimum absolute atomic E-state index is 0.119. The van der Waals surface area contributed by atoms with Gasteiger partial charge >= 0.3 is 5.97 Å². The van der Waals surface area contributed by atoms with E-state index in [4.69, 9.17) is 9.47 Å². The van der Waals surface area contributed by atoms with Gasteiger partial charge in [0.25, 0.3) is 5.91 Å². The van der Waals surface area contributed by atoms with Crippen molar-refractivity contribution in [2.24, 2.45) is 0 Å². The molecule has 0 radical (unpaired) electrons. The number of esters is 1. The van der Waals surface area contributed by atoms with Gasteiger partial charge in [-0.1, -0.05) is 17.3 Å². The van der Waals surface area contributed by atoms with E-state index in [0.717, 1.165) is 17.0 Å². The summed E-state index contributed by atoms with van der Waals surface area (Å²) in [6.45, 7) is 3.10. The van der Waals surface area contributed by atoms with Crippen molar-refractivity contribution in [1.29, 1.82) is 0 Å². The van der Waals surface area contributed by atoms with Gasteiger partial charge in [0, 0.05) is 31.9 Å². The van der Waals surface area contributed by atoms with E-state index in [9.17, 15) is 9.59 Å². The number of benzene rings is 2. The van der Waals surface area contributed by atoms with Gasteiger partial charge in [-0.05, 0) is 42.0 Å². The molecule has 1 aliphatic rings. The third-order valence-corrected chi connectivity index (χ3v) is 5.48. The summed E-state index contributed by atoms with van der Waals surface area (Å²) in [7, 11) is 3.00. The Morgan fingerprint density at radius 3 is 2.25 bits per heavy atom. The highest BCUT2D eigenvalue weighted by Crippen LogP contribution is 2.19. The topological polar surface area (TPSA) is 89.8 Å². The number of carbonyl (C=O) groups is 2. The van der Waals surface area contributed by atoms with E-state index in [1.54, 1.807) is 35.0 Å². The van der Waals surface area contributed by atoms with Gasteiger partial charge in [-0.3, -0.25) is 4.79 Å². The first-order valence-electron chi connectivity index (χ1n) is 10.3. The predicted molar refractivity (Wildman–Crippen MR) is 118 cm³/mol. The number of carbonyl (C=O) groups excluding carboxylic acids is 2. The van der Waals surface area contributed by atoms with Crippen molar-refractivity contribution in [3.8, 4) is 5.75 Å². The minimum Gasteiger partial charge on any atom is -0.497 e. The largest absolute Gasteiger partial charge is 0.497 e. The van der Waals surface area contributed by atoms with Gasteiger partial charge in [0.2, 0.25) is 0 Å². The lowest BCUT2D eigenvalue weighted by molar-refractivity contribution is 0.0600. The molecule has 2 aromatic carbocycles. The van der Waals surface area contributed by atoms with Gasteiger partial charge in [-0.25, -0.2) is 9.48 Å². The molecular formula is C23H25N5O4. The fourth-order valence-electron chi connectivity index (χ4n) is 3.65. The second-order valence-electron chi connectivity index (χ2n) is 7.47. The van der Waals surface area contributed by atoms with Crippen LogP contribution in [0.25, 0.3) is 0 Å². The molecule has 0 spiro atoms. The molecule has 1 aromatic heterocycles. The van der Waals surface area contributed by atoms with Gasteiger partial charge in [0.05, 0.1) is 32.5 Å². The molecule has 0 atom stereocenters. The summed E-state index contributed by atoms with van der Waals surface area (Å²) < 4.78 is 11.6. The molecule has 0 unspecified atom stereocenters. The van der Waals surface area contributed by atoms with Crippen LogP contribution in [0.5, 0.6) is 5.75 Å². The number of amides is 1. The van der Waals surface area contributed by atoms with Gasteiger partial charge in [0.1, 0.15) is 5.75 Å². The zero-order valence-electron chi connectivity index (χ0n) is 18.1. The van der Waals surface area contributed by atoms with E-state index in [1.807, 2.05) is 36.4 Å². The van der Waals surface area contributed by atoms with E-state index < -0.39 is 0 Å². The van der Waals surface area contributed by atoms with Crippen LogP contribution in [0.4, 0.5) is 5.69 Å². The average Bonchev–Trinajstić information content (AvgIpc) is 3.32. The zero-order chi connectivity index (χ0) is 22.5. The molecule has 1 amide bonds. The van der Waals surface area contributed by atoms with Crippen LogP contribution >= 0.6 is 0 Å². The molecule has 4 rings (SSSR count). The third kappa shape index (κ3) is 4.72. The molecule has 32 heavy (non-hydrogen) atoms. The summed E-state index contributed by atoms with van der Waals surface area (Å²) in [4.78, 5) is 28.4. The van der Waals surface area contributed by atoms with Crippen LogP contribution in [0.15, 0.2) is 54.7 Å². The first-order valence-corrected chi connectivity index (χ1v) is 10.3. The maximum Gasteiger partial charge on any atom is 0.337 e. The van der Waals surface area contributed by atoms with Crippen LogP contribution < -0.4 is 9.64 Å². The lowest BCUT2D eigenvalue weighted by Gasteiger charge is -2.35. The first kappa shape index (κ1) is 21.4. The molecule has 9 heteroatoms. The number of hydrogen-bond acceptors (Lipinski definition) is 7. The maximum absolute atomic E-state index is 12.9. The smallest absolute Gasteiger partial charge is 0.337 e. The van der Waals surface area contributed by atoms with E-state index in [1.165, 1.54) is 7.11 Å². The molecule has 0 aliphatic carbocycles. The second kappa shape index (κ2) is 9.51. The predicted octanol–water partition coefficient (Wildman–Crippen LogP) is 2.08. The van der Waals surface area contributed by atoms with Crippen molar-refractivity contribution in [2.45, 2.75) is 6.54 Å². The van der Waals surface area contributed by atoms with E-state index in [0.29, 0.717) is 44.0 Å². The minimum atomic E-state index is -0.355. The molecule has 1 saturated heterocycles. The van der Waals surface area contributed by atoms with Crippen molar-refractivity contribution in [2.75, 3.05) is 45.3 Å². The lowest BCUT2D eigenvalue weighted by atomic mass is 10.2. The summed E-state index contributed by atoms with van der Waals surface area (Å²) in [5.74, 6) is 0.320. The number of hydrogen-bond donors (Lipinski definition) is 0. The Balaban J connectivity index is 1.33. The van der Waals surface area contributed by atoms with Crippen LogP contribution in [-0.2, 0) is 11.3 Å². The molecule has 0 saturated carbocycles. The number of aromatic nitrogens is 3. The Labute approximate surface area is 186 Å². The van der Waals surface area contributed by atoms with Crippen molar-refractivity contribution < 1.29 is 19.1 Å². The Hall–Kier alpha value is -3.88. The van der Waals surface area contributed by atoms with Crippen molar-refractivity contribution >= 4 is 17.6 Å². The van der Waals surface area contributed by atoms with Gasteiger partial charge in [-0.15, -0.1) is 5.10 Å². The van der Waals surface area contributed by atoms with Crippen LogP contribution in [-0.4, -0.2) is 72.2 Å². The molecule has 9 nitrogen and oxygen atoms in total. The SMILES string of the molecule is COC(=O)c1ccc(N2CCN(C(=O)c3cn(Cc4ccc(OC)cc4)nn3)CC2)cc1. The summed E-state index contributed by atoms with van der Waals surface area (Å²) in [5, 5.41) is 8.17. The molecule has 3 aromatic rings. The van der Waals surface area contributed by atoms with Gasteiger partial charge in [-0.2, -0.15) is 0 Å². The maximum atomic E-state index is 12.9. The molecule has 2 heterocycles. The summed E-state index contributed by atoms with van der Waals surface area (Å²) in [5.41, 5.74) is 2.91. The van der Waals surface area contributed by atoms with Crippen LogP contribution in [0.2, 0.25) is 0 Å². The Kier molecular flexibility index (Phi) is 6.34. The Bertz CT molecular complexity index is 1070. The summed E-state index contributed by atoms with van der Waals surface area (Å²) in [6, 6.07) is 15.0. The number of anilines is 1. The molecule has 1 fully saturated rings. The number of ether oxygens (including phenoxy) is 2. The quantitative estimate of drug-likeness (QED) is 0.548. The van der Waals surface area contributed by atoms with Crippen molar-refractivity contribution in [3.63, 3.8) is 0 Å². The average molecular weight is 435 g/mol. The number of rotatable bonds is 6. The summed E-state index contributed by atoms with van der Waals surface area (Å²) >= 11 is 0. The fourth-order valence-corrected chi connectivity index (χ4v) is 3.65. The lowest BCUT2D eigenvalue weighted by Crippen LogP contribution is -2.48. The molecule has 0 bridgehead atoms. The standard InChI is InChI=1S/C23H25N5O4/c1-31-20-9-3-17(4-10-20)15-28-16-21(24-25-28)22(29)27-13-11-26(12-14-27)19-7-5-18(6-8-19)23(30)32-2/h3-10,16H,11-15H2,1-2H3. The second-order valence-corrected chi connectivity index (χ2v) is 7.47. The fraction of sp³-hybridized carbons (Fsp3) is 0.304. The van der Waals surface area contributed by atoms with Crippen molar-refractivity contribution in [1.82, 2.24) is 19.9 Å². The monoisotopic (exact) mass is 435 g/mol. The van der Waals surface area contributed by atoms with Gasteiger partial charge < -0.3 is 19.3 Å². The number of methoxy groups -OCH3 is 2. The van der Waals surface area contributed by atoms with E-state index >= 15 is 0 Å². The Morgan fingerprint density at radius 2 is 1.62 bits per heavy atom. The summed E-state index contributed by atoms with van der Waals surface area (Å²) in [6.07, 6.45) is 1.68. The Morgan fingerprint density at radius 1 is 0.938 bits per heavy atom. The first-order chi connectivity index (χ1) is 15.6. The molecular weight excluding hydrogens is 410 g/mol. The normalized spacial score (nSPS) is 13.7. The van der Waals surface area contributed by atoms with Crippen molar-refractivity contribution in [3.05, 3.63) is 71.5 Å². The van der Waals surface area contributed by atoms with Crippen LogP contribution in [0.1, 0.15) is 26.4 Å². The molecule has 166 valence electrons. The number of piperazine rings is 1. The van der Waals surface area contributed by atoms with Crippen LogP contribution in [0.3, 0.4) is 0 Å². The van der Waals surface area contributed by atoms with Gasteiger partial charge in [0.15, 0.2) is 5.69 Å². The molecule has 1 aliphatic heterocycles. The third-order valence-electron chi connectivity index (χ3n) is 5.48. The highest BCUT2D eigenvalue weighted by atomic mass is 16.5. The zero-order valence-corrected chi connectivity index (χ0v) is 18.1. The molecule has 0 N–H and O–H groups in total. The highest BCUT2D eigenvalue weighted by molar-refractivity contribution is 5.92. The highest BCUT2D eigenvalue weighted by Gasteiger charge is 2.24.